The predicted octanol–water partition coefficient (Wildman–Crippen LogP) is 3.51. The van der Waals surface area contributed by atoms with E-state index in [4.69, 9.17) is 22.1 Å². The summed E-state index contributed by atoms with van der Waals surface area (Å²) in [5, 5.41) is 10.3. The molecule has 2 N–H and O–H groups in total. The Labute approximate surface area is 123 Å². The second kappa shape index (κ2) is 5.76. The lowest BCUT2D eigenvalue weighted by atomic mass is 10.0. The third-order valence-electron chi connectivity index (χ3n) is 2.63. The number of hydrogen-bond donors (Lipinski definition) is 1. The summed E-state index contributed by atoms with van der Waals surface area (Å²) in [5.74, 6) is -0.760. The Kier molecular flexibility index (Phi) is 4.04. The highest BCUT2D eigenvalue weighted by Gasteiger charge is 2.17. The zero-order chi connectivity index (χ0) is 15.6. The van der Waals surface area contributed by atoms with Crippen LogP contribution in [0.3, 0.4) is 0 Å². The fraction of sp³-hybridized carbons (Fsp3) is 0. The monoisotopic (exact) mass is 310 g/mol. The van der Waals surface area contributed by atoms with Crippen LogP contribution >= 0.6 is 11.6 Å². The summed E-state index contributed by atoms with van der Waals surface area (Å²) in [6, 6.07) is 7.41. The molecule has 0 heterocycles. The molecule has 0 aliphatic rings. The molecule has 1 amide bonds. The van der Waals surface area contributed by atoms with Crippen molar-refractivity contribution in [1.29, 1.82) is 0 Å². The molecule has 6 nitrogen and oxygen atoms in total. The summed E-state index contributed by atoms with van der Waals surface area (Å²) in [5.41, 5.74) is 5.24. The predicted molar refractivity (Wildman–Crippen MR) is 73.7 cm³/mol. The summed E-state index contributed by atoms with van der Waals surface area (Å²) < 4.78 is 18.3. The highest BCUT2D eigenvalue weighted by atomic mass is 35.5. The molecule has 0 aromatic heterocycles. The number of nitrogens with two attached hydrogens (primary N) is 1. The van der Waals surface area contributed by atoms with Gasteiger partial charge in [0.25, 0.3) is 5.69 Å². The molecule has 0 atom stereocenters. The smallest absolute Gasteiger partial charge is 0.409 e. The first-order valence-electron chi connectivity index (χ1n) is 5.60. The minimum Gasteiger partial charge on any atom is -0.410 e. The highest BCUT2D eigenvalue weighted by molar-refractivity contribution is 6.33. The molecule has 0 aliphatic carbocycles. The zero-order valence-electron chi connectivity index (χ0n) is 10.4. The van der Waals surface area contributed by atoms with Gasteiger partial charge < -0.3 is 10.5 Å². The van der Waals surface area contributed by atoms with Gasteiger partial charge in [-0.15, -0.1) is 0 Å². The van der Waals surface area contributed by atoms with E-state index in [0.717, 1.165) is 6.07 Å². The molecule has 0 spiro atoms. The highest BCUT2D eigenvalue weighted by Crippen LogP contribution is 2.38. The van der Waals surface area contributed by atoms with Crippen LogP contribution in [0.25, 0.3) is 11.1 Å². The molecule has 0 bridgehead atoms. The lowest BCUT2D eigenvalue weighted by Crippen LogP contribution is -2.16. The Morgan fingerprint density at radius 2 is 1.86 bits per heavy atom. The van der Waals surface area contributed by atoms with Crippen molar-refractivity contribution in [3.63, 3.8) is 0 Å². The first-order valence-corrected chi connectivity index (χ1v) is 5.98. The van der Waals surface area contributed by atoms with Crippen LogP contribution in [0.15, 0.2) is 36.4 Å². The second-order valence-corrected chi connectivity index (χ2v) is 4.34. The van der Waals surface area contributed by atoms with Gasteiger partial charge in [0.2, 0.25) is 0 Å². The molecule has 0 fully saturated rings. The molecule has 2 rings (SSSR count). The van der Waals surface area contributed by atoms with Crippen LogP contribution in [0.1, 0.15) is 0 Å². The number of non-ortho nitro benzene ring substituents is 1. The number of nitro benzene ring substituents is 1. The molecule has 0 unspecified atom stereocenters. The molecule has 2 aromatic carbocycles. The molecular formula is C13H8ClFN2O4. The minimum absolute atomic E-state index is 0.0391. The van der Waals surface area contributed by atoms with Crippen molar-refractivity contribution in [2.45, 2.75) is 0 Å². The van der Waals surface area contributed by atoms with E-state index < -0.39 is 16.8 Å². The molecule has 0 radical (unpaired) electrons. The maximum Gasteiger partial charge on any atom is 0.409 e. The maximum atomic E-state index is 13.6. The van der Waals surface area contributed by atoms with E-state index in [1.807, 2.05) is 0 Å². The van der Waals surface area contributed by atoms with E-state index in [9.17, 15) is 19.3 Å². The summed E-state index contributed by atoms with van der Waals surface area (Å²) in [6.07, 6.45) is -1.08. The number of benzene rings is 2. The third kappa shape index (κ3) is 3.09. The lowest BCUT2D eigenvalue weighted by molar-refractivity contribution is -0.384. The number of carbonyl (C=O) groups is 1. The van der Waals surface area contributed by atoms with Gasteiger partial charge >= 0.3 is 6.09 Å². The molecule has 0 saturated carbocycles. The summed E-state index contributed by atoms with van der Waals surface area (Å²) in [4.78, 5) is 20.9. The number of halogens is 2. The SMILES string of the molecule is NC(=O)Oc1ccc(F)c(Cl)c1-c1ccc([N+](=O)[O-])cc1. The van der Waals surface area contributed by atoms with Crippen LogP contribution in [-0.2, 0) is 0 Å². The van der Waals surface area contributed by atoms with Gasteiger partial charge in [-0.05, 0) is 29.8 Å². The number of ether oxygens (including phenoxy) is 1. The van der Waals surface area contributed by atoms with E-state index in [1.54, 1.807) is 0 Å². The van der Waals surface area contributed by atoms with Gasteiger partial charge in [-0.2, -0.15) is 0 Å². The Balaban J connectivity index is 2.57. The van der Waals surface area contributed by atoms with Gasteiger partial charge in [0.05, 0.1) is 9.95 Å². The van der Waals surface area contributed by atoms with Gasteiger partial charge in [0.1, 0.15) is 11.6 Å². The maximum absolute atomic E-state index is 13.6. The number of nitro groups is 1. The molecule has 108 valence electrons. The Morgan fingerprint density at radius 3 is 2.38 bits per heavy atom. The largest absolute Gasteiger partial charge is 0.410 e. The molecule has 21 heavy (non-hydrogen) atoms. The summed E-state index contributed by atoms with van der Waals surface area (Å²) in [6.45, 7) is 0. The second-order valence-electron chi connectivity index (χ2n) is 3.96. The average Bonchev–Trinajstić information content (AvgIpc) is 2.43. The molecule has 0 aliphatic heterocycles. The number of carbonyl (C=O) groups excluding carboxylic acids is 1. The number of primary amides is 1. The number of rotatable bonds is 3. The van der Waals surface area contributed by atoms with Crippen molar-refractivity contribution >= 4 is 23.4 Å². The van der Waals surface area contributed by atoms with Crippen molar-refractivity contribution in [3.8, 4) is 16.9 Å². The minimum atomic E-state index is -1.08. The molecule has 0 saturated heterocycles. The van der Waals surface area contributed by atoms with E-state index in [0.29, 0.717) is 5.56 Å². The van der Waals surface area contributed by atoms with Crippen LogP contribution in [0.4, 0.5) is 14.9 Å². The average molecular weight is 311 g/mol. The van der Waals surface area contributed by atoms with Gasteiger partial charge in [0, 0.05) is 17.7 Å². The number of nitrogens with zero attached hydrogens (tertiary/aromatic N) is 1. The summed E-state index contributed by atoms with van der Waals surface area (Å²) in [7, 11) is 0. The Bertz CT molecular complexity index is 719. The fourth-order valence-electron chi connectivity index (χ4n) is 1.75. The first-order chi connectivity index (χ1) is 9.90. The van der Waals surface area contributed by atoms with E-state index in [1.165, 1.54) is 30.3 Å². The van der Waals surface area contributed by atoms with Gasteiger partial charge in [-0.1, -0.05) is 11.6 Å². The third-order valence-corrected chi connectivity index (χ3v) is 3.00. The van der Waals surface area contributed by atoms with E-state index in [-0.39, 0.29) is 22.0 Å². The number of amides is 1. The Hall–Kier alpha value is -2.67. The number of hydrogen-bond acceptors (Lipinski definition) is 4. The van der Waals surface area contributed by atoms with E-state index in [2.05, 4.69) is 0 Å². The first kappa shape index (κ1) is 14.7. The standard InChI is InChI=1S/C13H8ClFN2O4/c14-12-9(15)5-6-10(21-13(16)18)11(12)7-1-3-8(4-2-7)17(19)20/h1-6H,(H2,16,18). The van der Waals surface area contributed by atoms with Crippen LogP contribution in [0.5, 0.6) is 5.75 Å². The molecule has 2 aromatic rings. The molecule has 8 heteroatoms. The topological polar surface area (TPSA) is 95.5 Å². The molecular weight excluding hydrogens is 303 g/mol. The normalized spacial score (nSPS) is 10.2. The lowest BCUT2D eigenvalue weighted by Gasteiger charge is -2.11. The zero-order valence-corrected chi connectivity index (χ0v) is 11.1. The summed E-state index contributed by atoms with van der Waals surface area (Å²) >= 11 is 5.88. The quantitative estimate of drug-likeness (QED) is 0.693. The Morgan fingerprint density at radius 1 is 1.24 bits per heavy atom. The van der Waals surface area contributed by atoms with Crippen molar-refractivity contribution in [3.05, 3.63) is 57.4 Å². The van der Waals surface area contributed by atoms with Crippen LogP contribution in [0.2, 0.25) is 5.02 Å². The fourth-order valence-corrected chi connectivity index (χ4v) is 2.01. The van der Waals surface area contributed by atoms with Crippen molar-refractivity contribution in [1.82, 2.24) is 0 Å². The van der Waals surface area contributed by atoms with Gasteiger partial charge in [-0.25, -0.2) is 9.18 Å². The van der Waals surface area contributed by atoms with Crippen LogP contribution in [0, 0.1) is 15.9 Å². The van der Waals surface area contributed by atoms with Crippen molar-refractivity contribution in [2.24, 2.45) is 5.73 Å². The van der Waals surface area contributed by atoms with Crippen molar-refractivity contribution in [2.75, 3.05) is 0 Å². The van der Waals surface area contributed by atoms with Gasteiger partial charge in [-0.3, -0.25) is 10.1 Å². The van der Waals surface area contributed by atoms with Crippen LogP contribution < -0.4 is 10.5 Å². The van der Waals surface area contributed by atoms with Crippen LogP contribution in [-0.4, -0.2) is 11.0 Å². The van der Waals surface area contributed by atoms with E-state index >= 15 is 0 Å². The van der Waals surface area contributed by atoms with Gasteiger partial charge in [0.15, 0.2) is 0 Å². The van der Waals surface area contributed by atoms with Crippen molar-refractivity contribution < 1.29 is 18.8 Å².